The molecule has 7 heteroatoms. The van der Waals surface area contributed by atoms with E-state index >= 15 is 0 Å². The average Bonchev–Trinajstić information content (AvgIpc) is 3.18. The second-order valence-electron chi connectivity index (χ2n) is 6.17. The van der Waals surface area contributed by atoms with Crippen molar-refractivity contribution in [2.75, 3.05) is 44.7 Å². The second kappa shape index (κ2) is 8.49. The summed E-state index contributed by atoms with van der Waals surface area (Å²) >= 11 is 5.54. The largest absolute Gasteiger partial charge is 0.492 e. The lowest BCUT2D eigenvalue weighted by Crippen LogP contribution is -2.53. The van der Waals surface area contributed by atoms with Gasteiger partial charge in [-0.05, 0) is 44.1 Å². The third-order valence-electron chi connectivity index (χ3n) is 4.51. The lowest BCUT2D eigenvalue weighted by molar-refractivity contribution is -0.142. The smallest absolute Gasteiger partial charge is 0.251 e. The number of hydrogen-bond acceptors (Lipinski definition) is 4. The topological polar surface area (TPSA) is 54.0 Å². The molecule has 2 heterocycles. The van der Waals surface area contributed by atoms with Gasteiger partial charge >= 0.3 is 0 Å². The molecule has 0 radical (unpaired) electrons. The first-order valence-corrected chi connectivity index (χ1v) is 9.28. The molecule has 0 spiro atoms. The van der Waals surface area contributed by atoms with Crippen LogP contribution in [0.2, 0.25) is 0 Å². The van der Waals surface area contributed by atoms with Crippen molar-refractivity contribution < 1.29 is 14.3 Å². The SMILES string of the molecule is CCOc1ccccc1NC(=S)N1CCN(C(=O)[C@@H]2CCCO2)CC1. The monoisotopic (exact) mass is 363 g/mol. The van der Waals surface area contributed by atoms with E-state index in [4.69, 9.17) is 21.7 Å². The van der Waals surface area contributed by atoms with Crippen LogP contribution in [-0.4, -0.2) is 66.3 Å². The second-order valence-corrected chi connectivity index (χ2v) is 6.56. The van der Waals surface area contributed by atoms with Gasteiger partial charge in [0.25, 0.3) is 5.91 Å². The Balaban J connectivity index is 1.52. The van der Waals surface area contributed by atoms with Crippen molar-refractivity contribution in [3.05, 3.63) is 24.3 Å². The number of carbonyl (C=O) groups is 1. The summed E-state index contributed by atoms with van der Waals surface area (Å²) in [5, 5.41) is 3.93. The molecule has 0 bridgehead atoms. The Labute approximate surface area is 154 Å². The molecule has 1 N–H and O–H groups in total. The van der Waals surface area contributed by atoms with E-state index < -0.39 is 0 Å². The van der Waals surface area contributed by atoms with Gasteiger partial charge in [0.1, 0.15) is 11.9 Å². The van der Waals surface area contributed by atoms with Gasteiger partial charge in [0.05, 0.1) is 12.3 Å². The molecule has 2 saturated heterocycles. The summed E-state index contributed by atoms with van der Waals surface area (Å²) < 4.78 is 11.1. The molecule has 1 atom stereocenters. The molecule has 2 fully saturated rings. The first-order chi connectivity index (χ1) is 12.2. The number of ether oxygens (including phenoxy) is 2. The van der Waals surface area contributed by atoms with Crippen LogP contribution in [0.4, 0.5) is 5.69 Å². The molecule has 1 aromatic carbocycles. The van der Waals surface area contributed by atoms with Crippen LogP contribution < -0.4 is 10.1 Å². The third-order valence-corrected chi connectivity index (χ3v) is 4.87. The van der Waals surface area contributed by atoms with E-state index in [2.05, 4.69) is 10.2 Å². The molecule has 0 saturated carbocycles. The predicted molar refractivity (Wildman–Crippen MR) is 101 cm³/mol. The van der Waals surface area contributed by atoms with Crippen LogP contribution in [0, 0.1) is 0 Å². The maximum Gasteiger partial charge on any atom is 0.251 e. The number of nitrogens with one attached hydrogen (secondary N) is 1. The fourth-order valence-electron chi connectivity index (χ4n) is 3.15. The molecular formula is C18H25N3O3S. The van der Waals surface area contributed by atoms with Crippen LogP contribution in [0.3, 0.4) is 0 Å². The van der Waals surface area contributed by atoms with Crippen molar-refractivity contribution in [1.29, 1.82) is 0 Å². The van der Waals surface area contributed by atoms with Crippen molar-refractivity contribution in [2.45, 2.75) is 25.9 Å². The molecule has 3 rings (SSSR count). The lowest BCUT2D eigenvalue weighted by atomic mass is 10.2. The minimum Gasteiger partial charge on any atom is -0.492 e. The van der Waals surface area contributed by atoms with Gasteiger partial charge in [0, 0.05) is 32.8 Å². The number of carbonyl (C=O) groups excluding carboxylic acids is 1. The zero-order chi connectivity index (χ0) is 17.6. The highest BCUT2D eigenvalue weighted by Gasteiger charge is 2.30. The molecule has 6 nitrogen and oxygen atoms in total. The molecule has 25 heavy (non-hydrogen) atoms. The van der Waals surface area contributed by atoms with Crippen molar-refractivity contribution >= 4 is 28.9 Å². The molecule has 0 aromatic heterocycles. The van der Waals surface area contributed by atoms with E-state index in [1.807, 2.05) is 36.1 Å². The summed E-state index contributed by atoms with van der Waals surface area (Å²) in [6.07, 6.45) is 1.58. The number of nitrogens with zero attached hydrogens (tertiary/aromatic N) is 2. The number of amides is 1. The number of thiocarbonyl (C=S) groups is 1. The number of anilines is 1. The number of para-hydroxylation sites is 2. The highest BCUT2D eigenvalue weighted by Crippen LogP contribution is 2.24. The number of hydrogen-bond donors (Lipinski definition) is 1. The van der Waals surface area contributed by atoms with Gasteiger partial charge in [0.15, 0.2) is 5.11 Å². The van der Waals surface area contributed by atoms with E-state index in [0.29, 0.717) is 31.4 Å². The zero-order valence-corrected chi connectivity index (χ0v) is 15.4. The standard InChI is InChI=1S/C18H25N3O3S/c1-2-23-15-7-4-3-6-14(15)19-18(25)21-11-9-20(10-12-21)17(22)16-8-5-13-24-16/h3-4,6-7,16H,2,5,8-13H2,1H3,(H,19,25)/t16-/m0/s1. The van der Waals surface area contributed by atoms with Crippen LogP contribution in [-0.2, 0) is 9.53 Å². The van der Waals surface area contributed by atoms with Gasteiger partial charge in [0.2, 0.25) is 0 Å². The van der Waals surface area contributed by atoms with Crippen LogP contribution >= 0.6 is 12.2 Å². The summed E-state index contributed by atoms with van der Waals surface area (Å²) in [4.78, 5) is 16.4. The van der Waals surface area contributed by atoms with E-state index in [9.17, 15) is 4.79 Å². The summed E-state index contributed by atoms with van der Waals surface area (Å²) in [5.74, 6) is 0.914. The van der Waals surface area contributed by atoms with Gasteiger partial charge < -0.3 is 24.6 Å². The summed E-state index contributed by atoms with van der Waals surface area (Å²) in [7, 11) is 0. The van der Waals surface area contributed by atoms with Crippen molar-refractivity contribution in [2.24, 2.45) is 0 Å². The van der Waals surface area contributed by atoms with Crippen LogP contribution in [0.5, 0.6) is 5.75 Å². The van der Waals surface area contributed by atoms with Crippen molar-refractivity contribution in [3.8, 4) is 5.75 Å². The Kier molecular flexibility index (Phi) is 6.09. The summed E-state index contributed by atoms with van der Waals surface area (Å²) in [6, 6.07) is 7.77. The van der Waals surface area contributed by atoms with Crippen LogP contribution in [0.15, 0.2) is 24.3 Å². The normalized spacial score (nSPS) is 20.4. The first kappa shape index (κ1) is 17.9. The highest BCUT2D eigenvalue weighted by atomic mass is 32.1. The molecule has 0 unspecified atom stereocenters. The average molecular weight is 363 g/mol. The number of benzene rings is 1. The Morgan fingerprint density at radius 2 is 2.00 bits per heavy atom. The van der Waals surface area contributed by atoms with E-state index in [0.717, 1.165) is 37.4 Å². The van der Waals surface area contributed by atoms with Gasteiger partial charge in [-0.15, -0.1) is 0 Å². The fraction of sp³-hybridized carbons (Fsp3) is 0.556. The quantitative estimate of drug-likeness (QED) is 0.827. The number of piperazine rings is 1. The Hall–Kier alpha value is -1.86. The lowest BCUT2D eigenvalue weighted by Gasteiger charge is -2.37. The van der Waals surface area contributed by atoms with Crippen LogP contribution in [0.25, 0.3) is 0 Å². The van der Waals surface area contributed by atoms with Gasteiger partial charge in [-0.3, -0.25) is 4.79 Å². The zero-order valence-electron chi connectivity index (χ0n) is 14.6. The molecule has 136 valence electrons. The van der Waals surface area contributed by atoms with E-state index in [-0.39, 0.29) is 12.0 Å². The molecule has 1 aromatic rings. The number of rotatable bonds is 4. The first-order valence-electron chi connectivity index (χ1n) is 8.87. The molecule has 2 aliphatic heterocycles. The maximum atomic E-state index is 12.4. The Morgan fingerprint density at radius 3 is 2.68 bits per heavy atom. The fourth-order valence-corrected chi connectivity index (χ4v) is 3.44. The Morgan fingerprint density at radius 1 is 1.28 bits per heavy atom. The van der Waals surface area contributed by atoms with Crippen LogP contribution in [0.1, 0.15) is 19.8 Å². The third kappa shape index (κ3) is 4.41. The molecule has 2 aliphatic rings. The maximum absolute atomic E-state index is 12.4. The summed E-state index contributed by atoms with van der Waals surface area (Å²) in [6.45, 7) is 6.06. The predicted octanol–water partition coefficient (Wildman–Crippen LogP) is 2.11. The van der Waals surface area contributed by atoms with E-state index in [1.54, 1.807) is 0 Å². The van der Waals surface area contributed by atoms with Gasteiger partial charge in [-0.2, -0.15) is 0 Å². The summed E-state index contributed by atoms with van der Waals surface area (Å²) in [5.41, 5.74) is 0.868. The molecule has 1 amide bonds. The van der Waals surface area contributed by atoms with Gasteiger partial charge in [-0.1, -0.05) is 12.1 Å². The molecular weight excluding hydrogens is 338 g/mol. The Bertz CT molecular complexity index is 611. The van der Waals surface area contributed by atoms with Crippen molar-refractivity contribution in [3.63, 3.8) is 0 Å². The van der Waals surface area contributed by atoms with Gasteiger partial charge in [-0.25, -0.2) is 0 Å². The highest BCUT2D eigenvalue weighted by molar-refractivity contribution is 7.80. The minimum atomic E-state index is -0.241. The minimum absolute atomic E-state index is 0.123. The van der Waals surface area contributed by atoms with Crippen molar-refractivity contribution in [1.82, 2.24) is 9.80 Å². The van der Waals surface area contributed by atoms with E-state index in [1.165, 1.54) is 0 Å². The molecule has 0 aliphatic carbocycles.